The number of nitrogens with zero attached hydrogens (tertiary/aromatic N) is 2. The Balaban J connectivity index is 1.88. The minimum atomic E-state index is -0.140. The van der Waals surface area contributed by atoms with Crippen LogP contribution in [0.1, 0.15) is 43.6 Å². The van der Waals surface area contributed by atoms with Crippen LogP contribution >= 0.6 is 0 Å². The molecule has 1 saturated carbocycles. The van der Waals surface area contributed by atoms with E-state index in [1.807, 2.05) is 6.92 Å². The number of aromatic nitrogens is 2. The van der Waals surface area contributed by atoms with Gasteiger partial charge in [-0.15, -0.1) is 0 Å². The van der Waals surface area contributed by atoms with Gasteiger partial charge < -0.3 is 10.6 Å². The molecule has 1 aromatic heterocycles. The highest BCUT2D eigenvalue weighted by Crippen LogP contribution is 2.39. The molecule has 0 atom stereocenters. The minimum absolute atomic E-state index is 0.140. The maximum atomic E-state index is 11.9. The molecule has 1 aromatic rings. The van der Waals surface area contributed by atoms with Gasteiger partial charge in [-0.25, -0.2) is 9.97 Å². The van der Waals surface area contributed by atoms with Crippen LogP contribution < -0.4 is 10.6 Å². The summed E-state index contributed by atoms with van der Waals surface area (Å²) in [6, 6.07) is 0. The fourth-order valence-electron chi connectivity index (χ4n) is 2.06. The van der Waals surface area contributed by atoms with Crippen molar-refractivity contribution in [2.45, 2.75) is 33.1 Å². The van der Waals surface area contributed by atoms with E-state index in [4.69, 9.17) is 0 Å². The van der Waals surface area contributed by atoms with Gasteiger partial charge >= 0.3 is 0 Å². The molecule has 0 aliphatic heterocycles. The number of amides is 1. The van der Waals surface area contributed by atoms with Crippen molar-refractivity contribution >= 4 is 11.7 Å². The zero-order valence-corrected chi connectivity index (χ0v) is 11.0. The first-order chi connectivity index (χ1) is 8.63. The largest absolute Gasteiger partial charge is 0.369 e. The third-order valence-electron chi connectivity index (χ3n) is 3.48. The average Bonchev–Trinajstić information content (AvgIpc) is 2.35. The summed E-state index contributed by atoms with van der Waals surface area (Å²) < 4.78 is 0. The fourth-order valence-corrected chi connectivity index (χ4v) is 2.06. The van der Waals surface area contributed by atoms with Crippen LogP contribution in [0.2, 0.25) is 0 Å². The predicted molar refractivity (Wildman–Crippen MR) is 70.5 cm³/mol. The van der Waals surface area contributed by atoms with E-state index in [9.17, 15) is 4.79 Å². The van der Waals surface area contributed by atoms with Crippen molar-refractivity contribution < 1.29 is 4.79 Å². The molecule has 0 spiro atoms. The number of carbonyl (C=O) groups is 1. The van der Waals surface area contributed by atoms with Gasteiger partial charge in [-0.3, -0.25) is 4.79 Å². The summed E-state index contributed by atoms with van der Waals surface area (Å²) in [6.07, 6.45) is 6.75. The van der Waals surface area contributed by atoms with Crippen LogP contribution in [0.5, 0.6) is 0 Å². The van der Waals surface area contributed by atoms with Crippen molar-refractivity contribution in [2.75, 3.05) is 18.4 Å². The van der Waals surface area contributed by atoms with Crippen molar-refractivity contribution in [1.29, 1.82) is 0 Å². The van der Waals surface area contributed by atoms with E-state index in [2.05, 4.69) is 27.5 Å². The first-order valence-electron chi connectivity index (χ1n) is 6.47. The van der Waals surface area contributed by atoms with Gasteiger partial charge in [-0.05, 0) is 25.2 Å². The molecule has 0 aromatic carbocycles. The van der Waals surface area contributed by atoms with E-state index in [0.29, 0.717) is 11.5 Å². The van der Waals surface area contributed by atoms with Crippen LogP contribution in [-0.4, -0.2) is 29.0 Å². The van der Waals surface area contributed by atoms with Gasteiger partial charge in [-0.1, -0.05) is 13.3 Å². The highest BCUT2D eigenvalue weighted by Gasteiger charge is 2.32. The Kier molecular flexibility index (Phi) is 3.79. The second kappa shape index (κ2) is 5.33. The summed E-state index contributed by atoms with van der Waals surface area (Å²) in [5.41, 5.74) is 0.659. The van der Waals surface area contributed by atoms with Gasteiger partial charge in [0.2, 0.25) is 0 Å². The Bertz CT molecular complexity index is 412. The molecule has 2 rings (SSSR count). The fraction of sp³-hybridized carbons (Fsp3) is 0.615. The van der Waals surface area contributed by atoms with Gasteiger partial charge in [0.15, 0.2) is 0 Å². The number of nitrogens with one attached hydrogen (secondary N) is 2. The quantitative estimate of drug-likeness (QED) is 0.834. The Labute approximate surface area is 107 Å². The second-order valence-electron chi connectivity index (χ2n) is 5.16. The number of hydrogen-bond donors (Lipinski definition) is 2. The molecule has 0 saturated heterocycles. The van der Waals surface area contributed by atoms with E-state index in [1.165, 1.54) is 25.5 Å². The smallest absolute Gasteiger partial charge is 0.271 e. The van der Waals surface area contributed by atoms with E-state index in [0.717, 1.165) is 13.1 Å². The van der Waals surface area contributed by atoms with Crippen LogP contribution in [-0.2, 0) is 0 Å². The van der Waals surface area contributed by atoms with Crippen LogP contribution in [0.3, 0.4) is 0 Å². The maximum absolute atomic E-state index is 11.9. The molecule has 0 radical (unpaired) electrons. The summed E-state index contributed by atoms with van der Waals surface area (Å²) in [6.45, 7) is 5.71. The monoisotopic (exact) mass is 248 g/mol. The highest BCUT2D eigenvalue weighted by molar-refractivity contribution is 5.92. The number of carbonyl (C=O) groups excluding carboxylic acids is 1. The van der Waals surface area contributed by atoms with E-state index < -0.39 is 0 Å². The van der Waals surface area contributed by atoms with Crippen LogP contribution in [0.4, 0.5) is 5.82 Å². The lowest BCUT2D eigenvalue weighted by Gasteiger charge is -2.38. The molecule has 1 aliphatic carbocycles. The third-order valence-corrected chi connectivity index (χ3v) is 3.48. The Morgan fingerprint density at radius 2 is 2.17 bits per heavy atom. The number of rotatable bonds is 5. The number of hydrogen-bond acceptors (Lipinski definition) is 4. The SMILES string of the molecule is CCNc1cnc(C(=O)NCC2(C)CCC2)cn1. The Morgan fingerprint density at radius 1 is 1.39 bits per heavy atom. The molecular formula is C13H20N4O. The maximum Gasteiger partial charge on any atom is 0.271 e. The molecule has 18 heavy (non-hydrogen) atoms. The first kappa shape index (κ1) is 12.8. The van der Waals surface area contributed by atoms with Gasteiger partial charge in [0.1, 0.15) is 11.5 Å². The molecule has 98 valence electrons. The summed E-state index contributed by atoms with van der Waals surface area (Å²) in [4.78, 5) is 20.1. The third kappa shape index (κ3) is 2.97. The van der Waals surface area contributed by atoms with Gasteiger partial charge in [-0.2, -0.15) is 0 Å². The minimum Gasteiger partial charge on any atom is -0.369 e. The lowest BCUT2D eigenvalue weighted by atomic mass is 9.70. The van der Waals surface area contributed by atoms with Crippen LogP contribution in [0, 0.1) is 5.41 Å². The van der Waals surface area contributed by atoms with E-state index >= 15 is 0 Å². The van der Waals surface area contributed by atoms with Crippen molar-refractivity contribution in [3.8, 4) is 0 Å². The summed E-state index contributed by atoms with van der Waals surface area (Å²) in [5.74, 6) is 0.554. The Morgan fingerprint density at radius 3 is 2.67 bits per heavy atom. The molecule has 5 nitrogen and oxygen atoms in total. The van der Waals surface area contributed by atoms with Crippen molar-refractivity contribution in [3.63, 3.8) is 0 Å². The molecule has 1 heterocycles. The van der Waals surface area contributed by atoms with Crippen LogP contribution in [0.25, 0.3) is 0 Å². The van der Waals surface area contributed by atoms with E-state index in [-0.39, 0.29) is 11.3 Å². The normalized spacial score (nSPS) is 16.8. The molecular weight excluding hydrogens is 228 g/mol. The van der Waals surface area contributed by atoms with Crippen LogP contribution in [0.15, 0.2) is 12.4 Å². The average molecular weight is 248 g/mol. The van der Waals surface area contributed by atoms with Crippen molar-refractivity contribution in [1.82, 2.24) is 15.3 Å². The van der Waals surface area contributed by atoms with Gasteiger partial charge in [0, 0.05) is 13.1 Å². The van der Waals surface area contributed by atoms with Crippen molar-refractivity contribution in [2.24, 2.45) is 5.41 Å². The second-order valence-corrected chi connectivity index (χ2v) is 5.16. The van der Waals surface area contributed by atoms with Crippen molar-refractivity contribution in [3.05, 3.63) is 18.1 Å². The molecule has 0 bridgehead atoms. The van der Waals surface area contributed by atoms with Gasteiger partial charge in [0.05, 0.1) is 12.4 Å². The lowest BCUT2D eigenvalue weighted by Crippen LogP contribution is -2.40. The van der Waals surface area contributed by atoms with Gasteiger partial charge in [0.25, 0.3) is 5.91 Å². The Hall–Kier alpha value is -1.65. The standard InChI is InChI=1S/C13H20N4O/c1-3-14-11-8-15-10(7-16-11)12(18)17-9-13(2)5-4-6-13/h7-8H,3-6,9H2,1-2H3,(H,14,16)(H,17,18). The molecule has 0 unspecified atom stereocenters. The summed E-state index contributed by atoms with van der Waals surface area (Å²) in [5, 5.41) is 5.97. The molecule has 1 amide bonds. The van der Waals surface area contributed by atoms with E-state index in [1.54, 1.807) is 6.20 Å². The molecule has 1 aliphatic rings. The first-order valence-corrected chi connectivity index (χ1v) is 6.47. The topological polar surface area (TPSA) is 66.9 Å². The highest BCUT2D eigenvalue weighted by atomic mass is 16.1. The molecule has 1 fully saturated rings. The summed E-state index contributed by atoms with van der Waals surface area (Å²) in [7, 11) is 0. The molecule has 5 heteroatoms. The predicted octanol–water partition coefficient (Wildman–Crippen LogP) is 1.83. The summed E-state index contributed by atoms with van der Waals surface area (Å²) >= 11 is 0. The molecule has 2 N–H and O–H groups in total. The zero-order chi connectivity index (χ0) is 13.0. The number of anilines is 1. The zero-order valence-electron chi connectivity index (χ0n) is 11.0. The lowest BCUT2D eigenvalue weighted by molar-refractivity contribution is 0.0885.